The topological polar surface area (TPSA) is 83.6 Å². The molecule has 0 radical (unpaired) electrons. The van der Waals surface area contributed by atoms with Crippen LogP contribution in [0, 0.1) is 0 Å². The minimum absolute atomic E-state index is 0.0595. The molecule has 1 heterocycles. The summed E-state index contributed by atoms with van der Waals surface area (Å²) in [4.78, 5) is 24.5. The maximum Gasteiger partial charge on any atom is 0.269 e. The normalized spacial score (nSPS) is 16.2. The second-order valence-corrected chi connectivity index (χ2v) is 8.12. The molecule has 136 valence electrons. The number of anilines is 1. The van der Waals surface area contributed by atoms with Crippen molar-refractivity contribution in [1.82, 2.24) is 4.31 Å². The maximum atomic E-state index is 12.5. The van der Waals surface area contributed by atoms with Crippen molar-refractivity contribution >= 4 is 27.5 Å². The van der Waals surface area contributed by atoms with Gasteiger partial charge in [-0.2, -0.15) is 0 Å². The highest BCUT2D eigenvalue weighted by molar-refractivity contribution is 7.90. The third-order valence-electron chi connectivity index (χ3n) is 4.58. The highest BCUT2D eigenvalue weighted by atomic mass is 32.2. The van der Waals surface area contributed by atoms with Gasteiger partial charge in [-0.3, -0.25) is 9.59 Å². The molecule has 26 heavy (non-hydrogen) atoms. The lowest BCUT2D eigenvalue weighted by atomic mass is 9.99. The molecule has 0 saturated carbocycles. The highest BCUT2D eigenvalue weighted by Gasteiger charge is 2.41. The Labute approximate surface area is 152 Å². The molecule has 0 bridgehead atoms. The van der Waals surface area contributed by atoms with Crippen LogP contribution in [-0.2, 0) is 14.8 Å². The van der Waals surface area contributed by atoms with Crippen LogP contribution < -0.4 is 5.32 Å². The number of nitrogens with one attached hydrogen (secondary N) is 1. The van der Waals surface area contributed by atoms with E-state index < -0.39 is 28.4 Å². The number of carbonyl (C=O) groups is 2. The fourth-order valence-corrected chi connectivity index (χ4v) is 4.37. The SMILES string of the molecule is CC[C@@H](C)c1ccc(NC(=O)CN2C(=O)c3ccccc3S2(=O)=O)cc1. The van der Waals surface area contributed by atoms with Crippen molar-refractivity contribution in [2.45, 2.75) is 31.1 Å². The van der Waals surface area contributed by atoms with Gasteiger partial charge in [-0.25, -0.2) is 12.7 Å². The molecule has 1 aliphatic rings. The predicted octanol–water partition coefficient (Wildman–Crippen LogP) is 2.98. The average Bonchev–Trinajstić information content (AvgIpc) is 2.83. The van der Waals surface area contributed by atoms with Crippen LogP contribution in [0.2, 0.25) is 0 Å². The van der Waals surface area contributed by atoms with Crippen LogP contribution in [0.15, 0.2) is 53.4 Å². The van der Waals surface area contributed by atoms with E-state index in [4.69, 9.17) is 0 Å². The molecule has 2 aromatic carbocycles. The van der Waals surface area contributed by atoms with Gasteiger partial charge in [-0.05, 0) is 42.2 Å². The van der Waals surface area contributed by atoms with Gasteiger partial charge < -0.3 is 5.32 Å². The van der Waals surface area contributed by atoms with Crippen LogP contribution in [0.1, 0.15) is 42.1 Å². The van der Waals surface area contributed by atoms with Gasteiger partial charge in [0.2, 0.25) is 5.91 Å². The second kappa shape index (κ2) is 6.92. The van der Waals surface area contributed by atoms with Gasteiger partial charge in [0.25, 0.3) is 15.9 Å². The first kappa shape index (κ1) is 18.1. The molecule has 1 aliphatic heterocycles. The average molecular weight is 372 g/mol. The van der Waals surface area contributed by atoms with E-state index in [0.717, 1.165) is 6.42 Å². The van der Waals surface area contributed by atoms with Crippen molar-refractivity contribution in [2.75, 3.05) is 11.9 Å². The van der Waals surface area contributed by atoms with E-state index in [1.165, 1.54) is 17.7 Å². The Hall–Kier alpha value is -2.67. The Morgan fingerprint density at radius 2 is 1.77 bits per heavy atom. The second-order valence-electron chi connectivity index (χ2n) is 6.29. The zero-order chi connectivity index (χ0) is 18.9. The number of amides is 2. The van der Waals surface area contributed by atoms with Gasteiger partial charge in [0.15, 0.2) is 0 Å². The van der Waals surface area contributed by atoms with Crippen LogP contribution in [0.5, 0.6) is 0 Å². The number of sulfonamides is 1. The zero-order valence-corrected chi connectivity index (χ0v) is 15.4. The fourth-order valence-electron chi connectivity index (χ4n) is 2.85. The summed E-state index contributed by atoms with van der Waals surface area (Å²) in [6.07, 6.45) is 1.02. The first-order chi connectivity index (χ1) is 12.3. The number of carbonyl (C=O) groups excluding carboxylic acids is 2. The molecule has 1 atom stereocenters. The third-order valence-corrected chi connectivity index (χ3v) is 6.36. The van der Waals surface area contributed by atoms with E-state index in [1.807, 2.05) is 12.1 Å². The quantitative estimate of drug-likeness (QED) is 0.874. The summed E-state index contributed by atoms with van der Waals surface area (Å²) in [7, 11) is -3.98. The van der Waals surface area contributed by atoms with E-state index in [0.29, 0.717) is 15.9 Å². The van der Waals surface area contributed by atoms with E-state index in [9.17, 15) is 18.0 Å². The Bertz CT molecular complexity index is 952. The van der Waals surface area contributed by atoms with Crippen molar-refractivity contribution in [3.63, 3.8) is 0 Å². The van der Waals surface area contributed by atoms with Crippen molar-refractivity contribution < 1.29 is 18.0 Å². The summed E-state index contributed by atoms with van der Waals surface area (Å²) in [5.41, 5.74) is 1.82. The fraction of sp³-hybridized carbons (Fsp3) is 0.263. The minimum atomic E-state index is -3.98. The molecule has 0 saturated heterocycles. The van der Waals surface area contributed by atoms with Crippen LogP contribution in [0.3, 0.4) is 0 Å². The van der Waals surface area contributed by atoms with Crippen LogP contribution in [0.25, 0.3) is 0 Å². The van der Waals surface area contributed by atoms with E-state index in [-0.39, 0.29) is 10.5 Å². The minimum Gasteiger partial charge on any atom is -0.325 e. The molecule has 0 aliphatic carbocycles. The standard InChI is InChI=1S/C19H20N2O4S/c1-3-13(2)14-8-10-15(11-9-14)20-18(22)12-21-19(23)16-6-4-5-7-17(16)26(21,24)25/h4-11,13H,3,12H2,1-2H3,(H,20,22)/t13-/m1/s1. The Kier molecular flexibility index (Phi) is 4.82. The summed E-state index contributed by atoms with van der Waals surface area (Å²) < 4.78 is 25.5. The molecule has 3 rings (SSSR count). The van der Waals surface area contributed by atoms with Crippen molar-refractivity contribution in [2.24, 2.45) is 0 Å². The van der Waals surface area contributed by atoms with Crippen molar-refractivity contribution in [3.05, 3.63) is 59.7 Å². The Balaban J connectivity index is 1.72. The van der Waals surface area contributed by atoms with Gasteiger partial charge in [0.05, 0.1) is 5.56 Å². The lowest BCUT2D eigenvalue weighted by Gasteiger charge is -2.15. The molecule has 0 spiro atoms. The molecule has 1 N–H and O–H groups in total. The van der Waals surface area contributed by atoms with Gasteiger partial charge in [-0.15, -0.1) is 0 Å². The van der Waals surface area contributed by atoms with Gasteiger partial charge >= 0.3 is 0 Å². The predicted molar refractivity (Wildman–Crippen MR) is 98.4 cm³/mol. The lowest BCUT2D eigenvalue weighted by molar-refractivity contribution is -0.116. The largest absolute Gasteiger partial charge is 0.325 e. The van der Waals surface area contributed by atoms with Gasteiger partial charge in [0, 0.05) is 5.69 Å². The first-order valence-corrected chi connectivity index (χ1v) is 9.84. The molecular weight excluding hydrogens is 352 g/mol. The number of hydrogen-bond acceptors (Lipinski definition) is 4. The molecule has 2 aromatic rings. The van der Waals surface area contributed by atoms with Crippen LogP contribution >= 0.6 is 0 Å². The maximum absolute atomic E-state index is 12.5. The van der Waals surface area contributed by atoms with Gasteiger partial charge in [-0.1, -0.05) is 38.1 Å². The molecule has 7 heteroatoms. The number of fused-ring (bicyclic) bond motifs is 1. The number of nitrogens with zero attached hydrogens (tertiary/aromatic N) is 1. The monoisotopic (exact) mass is 372 g/mol. The molecule has 2 amide bonds. The van der Waals surface area contributed by atoms with E-state index in [1.54, 1.807) is 24.3 Å². The zero-order valence-electron chi connectivity index (χ0n) is 14.6. The third kappa shape index (κ3) is 3.22. The van der Waals surface area contributed by atoms with Gasteiger partial charge in [0.1, 0.15) is 11.4 Å². The molecule has 0 unspecified atom stereocenters. The van der Waals surface area contributed by atoms with E-state index in [2.05, 4.69) is 19.2 Å². The number of hydrogen-bond donors (Lipinski definition) is 1. The highest BCUT2D eigenvalue weighted by Crippen LogP contribution is 2.29. The molecular formula is C19H20N2O4S. The number of benzene rings is 2. The van der Waals surface area contributed by atoms with Crippen LogP contribution in [0.4, 0.5) is 5.69 Å². The summed E-state index contributed by atoms with van der Waals surface area (Å²) in [5, 5.41) is 2.64. The van der Waals surface area contributed by atoms with Crippen molar-refractivity contribution in [1.29, 1.82) is 0 Å². The van der Waals surface area contributed by atoms with Crippen molar-refractivity contribution in [3.8, 4) is 0 Å². The first-order valence-electron chi connectivity index (χ1n) is 8.40. The number of rotatable bonds is 5. The molecule has 0 fully saturated rings. The smallest absolute Gasteiger partial charge is 0.269 e. The summed E-state index contributed by atoms with van der Waals surface area (Å²) in [6.45, 7) is 3.67. The van der Waals surface area contributed by atoms with Crippen LogP contribution in [-0.4, -0.2) is 31.1 Å². The van der Waals surface area contributed by atoms with E-state index >= 15 is 0 Å². The Morgan fingerprint density at radius 3 is 2.38 bits per heavy atom. The Morgan fingerprint density at radius 1 is 1.12 bits per heavy atom. The summed E-state index contributed by atoms with van der Waals surface area (Å²) in [5.74, 6) is -0.820. The summed E-state index contributed by atoms with van der Waals surface area (Å²) in [6, 6.07) is 13.4. The molecule has 6 nitrogen and oxygen atoms in total. The lowest BCUT2D eigenvalue weighted by Crippen LogP contribution is -2.37. The molecule has 0 aromatic heterocycles. The summed E-state index contributed by atoms with van der Waals surface area (Å²) >= 11 is 0.